The zero-order chi connectivity index (χ0) is 9.52. The van der Waals surface area contributed by atoms with Crippen molar-refractivity contribution < 1.29 is 4.74 Å². The number of rotatable bonds is 5. The molecule has 0 N–H and O–H groups in total. The number of thioether (sulfide) groups is 1. The van der Waals surface area contributed by atoms with Crippen LogP contribution in [0.1, 0.15) is 5.69 Å². The highest BCUT2D eigenvalue weighted by Crippen LogP contribution is 2.11. The minimum atomic E-state index is 0.747. The van der Waals surface area contributed by atoms with Crippen LogP contribution >= 0.6 is 27.7 Å². The summed E-state index contributed by atoms with van der Waals surface area (Å²) in [5.41, 5.74) is 1.03. The molecule has 1 aromatic heterocycles. The summed E-state index contributed by atoms with van der Waals surface area (Å²) in [6.07, 6.45) is 3.83. The molecule has 1 heterocycles. The molecule has 0 bridgehead atoms. The van der Waals surface area contributed by atoms with Crippen LogP contribution in [0.2, 0.25) is 0 Å². The van der Waals surface area contributed by atoms with Gasteiger partial charge < -0.3 is 4.74 Å². The summed E-state index contributed by atoms with van der Waals surface area (Å²) in [6.45, 7) is 0.747. The molecule has 13 heavy (non-hydrogen) atoms. The molecule has 72 valence electrons. The molecule has 2 nitrogen and oxygen atoms in total. The summed E-state index contributed by atoms with van der Waals surface area (Å²) < 4.78 is 5.45. The van der Waals surface area contributed by atoms with Crippen LogP contribution in [-0.2, 0) is 5.33 Å². The third-order valence-electron chi connectivity index (χ3n) is 1.49. The summed E-state index contributed by atoms with van der Waals surface area (Å²) in [5.74, 6) is 1.86. The Kier molecular flexibility index (Phi) is 5.23. The largest absolute Gasteiger partial charge is 0.491 e. The standard InChI is InChI=1S/C9H12BrNOS/c1-13-5-4-12-9-3-2-8(6-10)11-7-9/h2-3,7H,4-6H2,1H3. The lowest BCUT2D eigenvalue weighted by molar-refractivity contribution is 0.342. The van der Waals surface area contributed by atoms with Crippen LogP contribution in [0, 0.1) is 0 Å². The highest BCUT2D eigenvalue weighted by Gasteiger charge is 1.94. The molecule has 0 radical (unpaired) electrons. The average Bonchev–Trinajstić information content (AvgIpc) is 2.19. The van der Waals surface area contributed by atoms with Crippen molar-refractivity contribution in [2.75, 3.05) is 18.6 Å². The first-order valence-electron chi connectivity index (χ1n) is 3.99. The molecule has 1 aromatic rings. The smallest absolute Gasteiger partial charge is 0.137 e. The summed E-state index contributed by atoms with van der Waals surface area (Å²) in [7, 11) is 0. The van der Waals surface area contributed by atoms with Gasteiger partial charge in [0.2, 0.25) is 0 Å². The van der Waals surface area contributed by atoms with E-state index >= 15 is 0 Å². The van der Waals surface area contributed by atoms with Crippen LogP contribution < -0.4 is 4.74 Å². The molecule has 0 atom stereocenters. The van der Waals surface area contributed by atoms with Gasteiger partial charge in [-0.25, -0.2) is 0 Å². The van der Waals surface area contributed by atoms with Crippen LogP contribution in [-0.4, -0.2) is 23.6 Å². The van der Waals surface area contributed by atoms with Crippen molar-refractivity contribution in [3.05, 3.63) is 24.0 Å². The molecular weight excluding hydrogens is 250 g/mol. The van der Waals surface area contributed by atoms with Crippen molar-refractivity contribution in [3.8, 4) is 5.75 Å². The molecular formula is C9H12BrNOS. The van der Waals surface area contributed by atoms with E-state index in [0.29, 0.717) is 0 Å². The Hall–Kier alpha value is -0.220. The van der Waals surface area contributed by atoms with Crippen molar-refractivity contribution >= 4 is 27.7 Å². The van der Waals surface area contributed by atoms with Crippen LogP contribution in [0.4, 0.5) is 0 Å². The molecule has 0 aromatic carbocycles. The number of pyridine rings is 1. The van der Waals surface area contributed by atoms with Crippen molar-refractivity contribution in [3.63, 3.8) is 0 Å². The number of alkyl halides is 1. The molecule has 1 rings (SSSR count). The normalized spacial score (nSPS) is 10.0. The van der Waals surface area contributed by atoms with Gasteiger partial charge in [0, 0.05) is 11.1 Å². The molecule has 0 saturated heterocycles. The van der Waals surface area contributed by atoms with Gasteiger partial charge in [0.15, 0.2) is 0 Å². The van der Waals surface area contributed by atoms with Gasteiger partial charge in [-0.1, -0.05) is 15.9 Å². The van der Waals surface area contributed by atoms with E-state index in [-0.39, 0.29) is 0 Å². The average molecular weight is 262 g/mol. The number of ether oxygens (including phenoxy) is 1. The first-order valence-corrected chi connectivity index (χ1v) is 6.51. The fraction of sp³-hybridized carbons (Fsp3) is 0.444. The molecule has 0 amide bonds. The van der Waals surface area contributed by atoms with Crippen LogP contribution in [0.5, 0.6) is 5.75 Å². The molecule has 0 aliphatic heterocycles. The Balaban J connectivity index is 2.40. The van der Waals surface area contributed by atoms with Gasteiger partial charge in [0.05, 0.1) is 18.5 Å². The van der Waals surface area contributed by atoms with E-state index in [1.807, 2.05) is 12.1 Å². The van der Waals surface area contributed by atoms with E-state index in [1.54, 1.807) is 18.0 Å². The van der Waals surface area contributed by atoms with Gasteiger partial charge in [0.1, 0.15) is 5.75 Å². The van der Waals surface area contributed by atoms with Crippen molar-refractivity contribution in [1.29, 1.82) is 0 Å². The van der Waals surface area contributed by atoms with Crippen molar-refractivity contribution in [2.24, 2.45) is 0 Å². The maximum atomic E-state index is 5.45. The van der Waals surface area contributed by atoms with Gasteiger partial charge >= 0.3 is 0 Å². The highest BCUT2D eigenvalue weighted by atomic mass is 79.9. The van der Waals surface area contributed by atoms with E-state index in [4.69, 9.17) is 4.74 Å². The molecule has 0 unspecified atom stereocenters. The molecule has 4 heteroatoms. The SMILES string of the molecule is CSCCOc1ccc(CBr)nc1. The molecule has 0 aliphatic rings. The van der Waals surface area contributed by atoms with Gasteiger partial charge in [-0.3, -0.25) is 4.98 Å². The molecule has 0 fully saturated rings. The summed E-state index contributed by atoms with van der Waals surface area (Å²) >= 11 is 5.11. The Morgan fingerprint density at radius 3 is 2.92 bits per heavy atom. The maximum Gasteiger partial charge on any atom is 0.137 e. The Labute approximate surface area is 91.2 Å². The lowest BCUT2D eigenvalue weighted by Crippen LogP contribution is -2.00. The van der Waals surface area contributed by atoms with E-state index in [2.05, 4.69) is 27.2 Å². The number of halogens is 1. The lowest BCUT2D eigenvalue weighted by Gasteiger charge is -2.04. The highest BCUT2D eigenvalue weighted by molar-refractivity contribution is 9.08. The summed E-state index contributed by atoms with van der Waals surface area (Å²) in [4.78, 5) is 4.20. The van der Waals surface area contributed by atoms with Gasteiger partial charge in [-0.05, 0) is 18.4 Å². The summed E-state index contributed by atoms with van der Waals surface area (Å²) in [6, 6.07) is 3.91. The topological polar surface area (TPSA) is 22.1 Å². The number of nitrogens with zero attached hydrogens (tertiary/aromatic N) is 1. The quantitative estimate of drug-likeness (QED) is 0.601. The zero-order valence-corrected chi connectivity index (χ0v) is 9.90. The van der Waals surface area contributed by atoms with Crippen LogP contribution in [0.3, 0.4) is 0 Å². The lowest BCUT2D eigenvalue weighted by atomic mass is 10.4. The number of hydrogen-bond donors (Lipinski definition) is 0. The first kappa shape index (κ1) is 10.9. The minimum absolute atomic E-state index is 0.747. The van der Waals surface area contributed by atoms with Crippen LogP contribution in [0.15, 0.2) is 18.3 Å². The Bertz CT molecular complexity index is 240. The second-order valence-electron chi connectivity index (χ2n) is 2.46. The van der Waals surface area contributed by atoms with E-state index < -0.39 is 0 Å². The van der Waals surface area contributed by atoms with E-state index in [0.717, 1.165) is 29.1 Å². The first-order chi connectivity index (χ1) is 6.36. The number of aromatic nitrogens is 1. The predicted octanol–water partition coefficient (Wildman–Crippen LogP) is 2.72. The van der Waals surface area contributed by atoms with Crippen LogP contribution in [0.25, 0.3) is 0 Å². The fourth-order valence-corrected chi connectivity index (χ4v) is 1.40. The van der Waals surface area contributed by atoms with Crippen molar-refractivity contribution in [1.82, 2.24) is 4.98 Å². The second kappa shape index (κ2) is 6.27. The second-order valence-corrected chi connectivity index (χ2v) is 4.01. The number of hydrogen-bond acceptors (Lipinski definition) is 3. The Morgan fingerprint density at radius 2 is 2.38 bits per heavy atom. The van der Waals surface area contributed by atoms with Gasteiger partial charge in [0.25, 0.3) is 0 Å². The monoisotopic (exact) mass is 261 g/mol. The molecule has 0 spiro atoms. The van der Waals surface area contributed by atoms with Crippen molar-refractivity contribution in [2.45, 2.75) is 5.33 Å². The van der Waals surface area contributed by atoms with E-state index in [9.17, 15) is 0 Å². The third-order valence-corrected chi connectivity index (χ3v) is 2.64. The predicted molar refractivity (Wildman–Crippen MR) is 60.7 cm³/mol. The Morgan fingerprint density at radius 1 is 1.54 bits per heavy atom. The summed E-state index contributed by atoms with van der Waals surface area (Å²) in [5, 5.41) is 0.790. The zero-order valence-electron chi connectivity index (χ0n) is 7.50. The fourth-order valence-electron chi connectivity index (χ4n) is 0.818. The molecule has 0 aliphatic carbocycles. The molecule has 0 saturated carbocycles. The van der Waals surface area contributed by atoms with Gasteiger partial charge in [-0.2, -0.15) is 11.8 Å². The van der Waals surface area contributed by atoms with Gasteiger partial charge in [-0.15, -0.1) is 0 Å². The maximum absolute atomic E-state index is 5.45. The van der Waals surface area contributed by atoms with E-state index in [1.165, 1.54) is 0 Å². The third kappa shape index (κ3) is 4.00. The minimum Gasteiger partial charge on any atom is -0.491 e.